The number of fused-ring (bicyclic) bond motifs is 5. The molecule has 0 bridgehead atoms. The zero-order chi connectivity index (χ0) is 19.5. The average molecular weight is 391 g/mol. The molecule has 0 unspecified atom stereocenters. The van der Waals surface area contributed by atoms with Crippen LogP contribution in [0.3, 0.4) is 0 Å². The Bertz CT molecular complexity index is 739. The summed E-state index contributed by atoms with van der Waals surface area (Å²) in [6, 6.07) is 0. The van der Waals surface area contributed by atoms with Crippen LogP contribution in [0.4, 0.5) is 4.39 Å². The van der Waals surface area contributed by atoms with Gasteiger partial charge in [0.15, 0.2) is 12.1 Å². The molecule has 4 aliphatic rings. The zero-order valence-corrected chi connectivity index (χ0v) is 16.6. The van der Waals surface area contributed by atoms with Gasteiger partial charge in [0.2, 0.25) is 5.85 Å². The molecule has 5 rings (SSSR count). The van der Waals surface area contributed by atoms with Crippen molar-refractivity contribution in [2.45, 2.75) is 77.1 Å². The van der Waals surface area contributed by atoms with Gasteiger partial charge in [-0.25, -0.2) is 4.39 Å². The Balaban J connectivity index is 1.32. The third-order valence-corrected chi connectivity index (χ3v) is 9.03. The first-order chi connectivity index (χ1) is 13.4. The van der Waals surface area contributed by atoms with Crippen LogP contribution in [0.2, 0.25) is 0 Å². The van der Waals surface area contributed by atoms with Gasteiger partial charge in [0, 0.05) is 18.8 Å². The summed E-state index contributed by atoms with van der Waals surface area (Å²) < 4.78 is 14.1. The number of halogens is 1. The van der Waals surface area contributed by atoms with Crippen molar-refractivity contribution in [3.8, 4) is 0 Å². The van der Waals surface area contributed by atoms with Gasteiger partial charge in [0.05, 0.1) is 0 Å². The van der Waals surface area contributed by atoms with E-state index in [9.17, 15) is 14.3 Å². The summed E-state index contributed by atoms with van der Waals surface area (Å²) in [7, 11) is 0. The van der Waals surface area contributed by atoms with Crippen LogP contribution in [0.15, 0.2) is 6.33 Å². The fourth-order valence-corrected chi connectivity index (χ4v) is 7.87. The second kappa shape index (κ2) is 6.57. The van der Waals surface area contributed by atoms with E-state index in [2.05, 4.69) is 22.3 Å². The van der Waals surface area contributed by atoms with Crippen LogP contribution in [-0.4, -0.2) is 37.0 Å². The SMILES string of the molecule is C[C@]12CC[C@H]3[C@@H](CC[C@@H]4C[C@@](O)(F)CC[C@@H]43)[C@@H]1CC[C@@H]2C(=O)Cn1ncnn1. The van der Waals surface area contributed by atoms with Gasteiger partial charge in [-0.1, -0.05) is 6.92 Å². The molecule has 154 valence electrons. The van der Waals surface area contributed by atoms with Crippen LogP contribution in [0.25, 0.3) is 0 Å². The Morgan fingerprint density at radius 3 is 2.75 bits per heavy atom. The third kappa shape index (κ3) is 2.92. The van der Waals surface area contributed by atoms with Crippen molar-refractivity contribution in [1.29, 1.82) is 0 Å². The molecule has 4 saturated carbocycles. The molecule has 1 N–H and O–H groups in total. The zero-order valence-electron chi connectivity index (χ0n) is 16.6. The maximum atomic E-state index is 14.1. The lowest BCUT2D eigenvalue weighted by Gasteiger charge is -2.56. The number of Topliss-reactive ketones (excluding diaryl/α,β-unsaturated/α-hetero) is 1. The van der Waals surface area contributed by atoms with Gasteiger partial charge in [-0.2, -0.15) is 4.80 Å². The van der Waals surface area contributed by atoms with Gasteiger partial charge >= 0.3 is 0 Å². The summed E-state index contributed by atoms with van der Waals surface area (Å²) in [5.41, 5.74) is 0.0706. The average Bonchev–Trinajstić information content (AvgIpc) is 3.27. The highest BCUT2D eigenvalue weighted by Gasteiger charge is 2.59. The number of aromatic nitrogens is 4. The number of rotatable bonds is 3. The highest BCUT2D eigenvalue weighted by Crippen LogP contribution is 2.64. The molecule has 4 fully saturated rings. The molecule has 1 aromatic heterocycles. The van der Waals surface area contributed by atoms with Gasteiger partial charge in [-0.05, 0) is 85.2 Å². The number of tetrazole rings is 1. The minimum absolute atomic E-state index is 0.0706. The molecule has 4 aliphatic carbocycles. The molecule has 7 heteroatoms. The van der Waals surface area contributed by atoms with Gasteiger partial charge < -0.3 is 5.11 Å². The molecule has 0 aromatic carbocycles. The molecule has 0 amide bonds. The molecule has 0 spiro atoms. The Morgan fingerprint density at radius 2 is 1.96 bits per heavy atom. The Hall–Kier alpha value is -1.37. The van der Waals surface area contributed by atoms with E-state index in [1.165, 1.54) is 11.1 Å². The lowest BCUT2D eigenvalue weighted by atomic mass is 9.49. The molecule has 1 aromatic rings. The minimum Gasteiger partial charge on any atom is -0.362 e. The maximum Gasteiger partial charge on any atom is 0.207 e. The number of alkyl halides is 1. The summed E-state index contributed by atoms with van der Waals surface area (Å²) in [4.78, 5) is 14.4. The molecule has 0 radical (unpaired) electrons. The smallest absolute Gasteiger partial charge is 0.207 e. The van der Waals surface area contributed by atoms with Crippen LogP contribution >= 0.6 is 0 Å². The highest BCUT2D eigenvalue weighted by atomic mass is 19.2. The van der Waals surface area contributed by atoms with E-state index < -0.39 is 5.85 Å². The minimum atomic E-state index is -1.95. The highest BCUT2D eigenvalue weighted by molar-refractivity contribution is 5.81. The Labute approximate surface area is 165 Å². The Morgan fingerprint density at radius 1 is 1.14 bits per heavy atom. The topological polar surface area (TPSA) is 80.9 Å². The standard InChI is InChI=1S/C21H31FN4O2/c1-20-8-6-15-14-7-9-21(22,28)10-13(14)2-3-16(15)17(20)4-5-18(20)19(27)11-26-24-12-23-25-26/h12-18,28H,2-11H2,1H3/t13-,14+,15-,16-,17+,18-,20+,21-/m1/s1. The van der Waals surface area contributed by atoms with Gasteiger partial charge in [0.1, 0.15) is 6.54 Å². The largest absolute Gasteiger partial charge is 0.362 e. The fraction of sp³-hybridized carbons (Fsp3) is 0.905. The summed E-state index contributed by atoms with van der Waals surface area (Å²) in [5, 5.41) is 21.4. The van der Waals surface area contributed by atoms with E-state index in [-0.39, 0.29) is 23.7 Å². The van der Waals surface area contributed by atoms with E-state index in [1.54, 1.807) is 0 Å². The molecule has 28 heavy (non-hydrogen) atoms. The molecule has 1 heterocycles. The molecule has 0 aliphatic heterocycles. The molecular weight excluding hydrogens is 359 g/mol. The van der Waals surface area contributed by atoms with Gasteiger partial charge in [-0.3, -0.25) is 4.79 Å². The number of carbonyl (C=O) groups is 1. The van der Waals surface area contributed by atoms with Crippen molar-refractivity contribution in [3.63, 3.8) is 0 Å². The second-order valence-corrected chi connectivity index (χ2v) is 10.2. The molecule has 0 saturated heterocycles. The first kappa shape index (κ1) is 18.6. The third-order valence-electron chi connectivity index (χ3n) is 9.03. The van der Waals surface area contributed by atoms with Gasteiger partial charge in [-0.15, -0.1) is 10.2 Å². The number of ketones is 1. The summed E-state index contributed by atoms with van der Waals surface area (Å²) in [6.45, 7) is 2.56. The Kier molecular flexibility index (Phi) is 4.38. The van der Waals surface area contributed by atoms with Crippen LogP contribution < -0.4 is 0 Å². The lowest BCUT2D eigenvalue weighted by Crippen LogP contribution is -2.51. The number of nitrogens with zero attached hydrogens (tertiary/aromatic N) is 4. The predicted octanol–water partition coefficient (Wildman–Crippen LogP) is 3.17. The van der Waals surface area contributed by atoms with Crippen LogP contribution in [-0.2, 0) is 11.3 Å². The van der Waals surface area contributed by atoms with Crippen molar-refractivity contribution in [2.24, 2.45) is 40.9 Å². The van der Waals surface area contributed by atoms with Gasteiger partial charge in [0.25, 0.3) is 0 Å². The van der Waals surface area contributed by atoms with Crippen molar-refractivity contribution in [3.05, 3.63) is 6.33 Å². The van der Waals surface area contributed by atoms with Crippen molar-refractivity contribution in [2.75, 3.05) is 0 Å². The van der Waals surface area contributed by atoms with Crippen LogP contribution in [0.1, 0.15) is 64.7 Å². The van der Waals surface area contributed by atoms with E-state index >= 15 is 0 Å². The first-order valence-corrected chi connectivity index (χ1v) is 11.0. The number of hydrogen-bond donors (Lipinski definition) is 1. The van der Waals surface area contributed by atoms with Crippen LogP contribution in [0, 0.1) is 40.9 Å². The maximum absolute atomic E-state index is 14.1. The van der Waals surface area contributed by atoms with E-state index in [0.29, 0.717) is 42.4 Å². The van der Waals surface area contributed by atoms with Crippen molar-refractivity contribution in [1.82, 2.24) is 20.2 Å². The fourth-order valence-electron chi connectivity index (χ4n) is 7.87. The van der Waals surface area contributed by atoms with Crippen molar-refractivity contribution >= 4 is 5.78 Å². The number of hydrogen-bond acceptors (Lipinski definition) is 5. The predicted molar refractivity (Wildman–Crippen MR) is 99.5 cm³/mol. The van der Waals surface area contributed by atoms with E-state index in [0.717, 1.165) is 44.9 Å². The number of carbonyl (C=O) groups excluding carboxylic acids is 1. The lowest BCUT2D eigenvalue weighted by molar-refractivity contribution is -0.165. The van der Waals surface area contributed by atoms with Crippen LogP contribution in [0.5, 0.6) is 0 Å². The second-order valence-electron chi connectivity index (χ2n) is 10.2. The first-order valence-electron chi connectivity index (χ1n) is 11.0. The summed E-state index contributed by atoms with van der Waals surface area (Å²) in [6.07, 6.45) is 9.32. The van der Waals surface area contributed by atoms with E-state index in [1.807, 2.05) is 0 Å². The molecule has 6 nitrogen and oxygen atoms in total. The monoisotopic (exact) mass is 390 g/mol. The summed E-state index contributed by atoms with van der Waals surface area (Å²) in [5.74, 6) is 1.19. The normalized spacial score (nSPS) is 47.8. The molecular formula is C21H31FN4O2. The van der Waals surface area contributed by atoms with Crippen molar-refractivity contribution < 1.29 is 14.3 Å². The van der Waals surface area contributed by atoms with E-state index in [4.69, 9.17) is 0 Å². The quantitative estimate of drug-likeness (QED) is 0.857. The number of aliphatic hydroxyl groups is 1. The summed E-state index contributed by atoms with van der Waals surface area (Å²) >= 11 is 0. The molecule has 8 atom stereocenters.